The third-order valence-corrected chi connectivity index (χ3v) is 2.65. The van der Waals surface area contributed by atoms with Gasteiger partial charge >= 0.3 is 0 Å². The average molecular weight is 256 g/mol. The van der Waals surface area contributed by atoms with Crippen LogP contribution >= 0.6 is 0 Å². The third kappa shape index (κ3) is 10.1. The zero-order valence-electron chi connectivity index (χ0n) is 12.6. The van der Waals surface area contributed by atoms with Crippen LogP contribution in [-0.2, 0) is 9.59 Å². The van der Waals surface area contributed by atoms with E-state index in [-0.39, 0.29) is 23.3 Å². The maximum absolute atomic E-state index is 11.2. The summed E-state index contributed by atoms with van der Waals surface area (Å²) in [6.45, 7) is 12.3. The van der Waals surface area contributed by atoms with Crippen molar-refractivity contribution in [2.45, 2.75) is 60.4 Å². The van der Waals surface area contributed by atoms with Crippen LogP contribution < -0.4 is 10.6 Å². The molecule has 18 heavy (non-hydrogen) atoms. The van der Waals surface area contributed by atoms with Gasteiger partial charge in [0.15, 0.2) is 0 Å². The first kappa shape index (κ1) is 16.9. The molecule has 2 amide bonds. The van der Waals surface area contributed by atoms with E-state index in [9.17, 15) is 9.59 Å². The normalized spacial score (nSPS) is 14.8. The second-order valence-electron chi connectivity index (χ2n) is 6.44. The Labute approximate surface area is 111 Å². The number of amides is 2. The van der Waals surface area contributed by atoms with Crippen molar-refractivity contribution >= 4 is 11.8 Å². The Hall–Kier alpha value is -1.06. The fourth-order valence-corrected chi connectivity index (χ4v) is 2.11. The van der Waals surface area contributed by atoms with Crippen LogP contribution in [0.25, 0.3) is 0 Å². The van der Waals surface area contributed by atoms with Gasteiger partial charge in [0.25, 0.3) is 0 Å². The number of hydrogen-bond donors (Lipinski definition) is 2. The van der Waals surface area contributed by atoms with Crippen molar-refractivity contribution in [3.05, 3.63) is 0 Å². The van der Waals surface area contributed by atoms with Crippen molar-refractivity contribution in [2.75, 3.05) is 6.54 Å². The minimum absolute atomic E-state index is 0.00579. The lowest BCUT2D eigenvalue weighted by atomic mass is 9.85. The summed E-state index contributed by atoms with van der Waals surface area (Å²) in [5.41, 5.74) is 0.181. The minimum atomic E-state index is -0.00579. The van der Waals surface area contributed by atoms with E-state index >= 15 is 0 Å². The summed E-state index contributed by atoms with van der Waals surface area (Å²) >= 11 is 0. The fourth-order valence-electron chi connectivity index (χ4n) is 2.11. The smallest absolute Gasteiger partial charge is 0.217 e. The predicted octanol–water partition coefficient (Wildman–Crippen LogP) is 2.09. The number of carbonyl (C=O) groups excluding carboxylic acids is 2. The van der Waals surface area contributed by atoms with Crippen LogP contribution in [0, 0.1) is 11.3 Å². The van der Waals surface area contributed by atoms with Gasteiger partial charge in [0.1, 0.15) is 0 Å². The molecule has 0 aliphatic heterocycles. The summed E-state index contributed by atoms with van der Waals surface area (Å²) < 4.78 is 0. The Kier molecular flexibility index (Phi) is 6.96. The van der Waals surface area contributed by atoms with Gasteiger partial charge in [-0.2, -0.15) is 0 Å². The SMILES string of the molecule is CC(=O)NCC(C)CC(CC(C)(C)C)NC(C)=O. The number of carbonyl (C=O) groups is 2. The van der Waals surface area contributed by atoms with Crippen molar-refractivity contribution in [1.82, 2.24) is 10.6 Å². The summed E-state index contributed by atoms with van der Waals surface area (Å²) in [4.78, 5) is 22.1. The van der Waals surface area contributed by atoms with Gasteiger partial charge in [-0.05, 0) is 24.2 Å². The first-order valence-electron chi connectivity index (χ1n) is 6.61. The summed E-state index contributed by atoms with van der Waals surface area (Å²) in [6, 6.07) is 0.172. The second-order valence-corrected chi connectivity index (χ2v) is 6.44. The van der Waals surface area contributed by atoms with Crippen molar-refractivity contribution in [2.24, 2.45) is 11.3 Å². The van der Waals surface area contributed by atoms with E-state index in [0.717, 1.165) is 12.8 Å². The Balaban J connectivity index is 4.30. The van der Waals surface area contributed by atoms with Crippen LogP contribution in [0.1, 0.15) is 54.4 Å². The first-order chi connectivity index (χ1) is 8.10. The van der Waals surface area contributed by atoms with E-state index in [0.29, 0.717) is 12.5 Å². The van der Waals surface area contributed by atoms with Crippen LogP contribution in [-0.4, -0.2) is 24.4 Å². The van der Waals surface area contributed by atoms with E-state index in [1.54, 1.807) is 6.92 Å². The van der Waals surface area contributed by atoms with Gasteiger partial charge in [0.2, 0.25) is 11.8 Å². The molecule has 4 heteroatoms. The molecule has 0 aromatic heterocycles. The molecule has 2 unspecified atom stereocenters. The summed E-state index contributed by atoms with van der Waals surface area (Å²) in [7, 11) is 0. The highest BCUT2D eigenvalue weighted by atomic mass is 16.2. The number of hydrogen-bond acceptors (Lipinski definition) is 2. The molecule has 0 rings (SSSR count). The zero-order chi connectivity index (χ0) is 14.3. The molecule has 0 saturated carbocycles. The average Bonchev–Trinajstić information content (AvgIpc) is 2.10. The zero-order valence-corrected chi connectivity index (χ0v) is 12.6. The van der Waals surface area contributed by atoms with E-state index < -0.39 is 0 Å². The van der Waals surface area contributed by atoms with Gasteiger partial charge in [0, 0.05) is 26.4 Å². The lowest BCUT2D eigenvalue weighted by Gasteiger charge is -2.28. The molecule has 0 saturated heterocycles. The molecule has 2 N–H and O–H groups in total. The molecule has 0 bridgehead atoms. The summed E-state index contributed by atoms with van der Waals surface area (Å²) in [5.74, 6) is 0.359. The molecule has 0 heterocycles. The van der Waals surface area contributed by atoms with Gasteiger partial charge in [-0.1, -0.05) is 27.7 Å². The van der Waals surface area contributed by atoms with E-state index in [4.69, 9.17) is 0 Å². The molecule has 0 aromatic rings. The van der Waals surface area contributed by atoms with Crippen molar-refractivity contribution < 1.29 is 9.59 Å². The van der Waals surface area contributed by atoms with Crippen molar-refractivity contribution in [3.8, 4) is 0 Å². The van der Waals surface area contributed by atoms with E-state index in [2.05, 4.69) is 38.3 Å². The van der Waals surface area contributed by atoms with Crippen LogP contribution in [0.4, 0.5) is 0 Å². The molecular formula is C14H28N2O2. The predicted molar refractivity (Wildman–Crippen MR) is 74.1 cm³/mol. The molecular weight excluding hydrogens is 228 g/mol. The third-order valence-electron chi connectivity index (χ3n) is 2.65. The Morgan fingerprint density at radius 2 is 1.67 bits per heavy atom. The largest absolute Gasteiger partial charge is 0.356 e. The maximum atomic E-state index is 11.2. The Morgan fingerprint density at radius 3 is 2.06 bits per heavy atom. The molecule has 0 fully saturated rings. The molecule has 0 aliphatic carbocycles. The number of nitrogens with one attached hydrogen (secondary N) is 2. The second kappa shape index (κ2) is 7.39. The highest BCUT2D eigenvalue weighted by Gasteiger charge is 2.21. The molecule has 106 valence electrons. The monoisotopic (exact) mass is 256 g/mol. The molecule has 4 nitrogen and oxygen atoms in total. The van der Waals surface area contributed by atoms with Crippen LogP contribution in [0.5, 0.6) is 0 Å². The van der Waals surface area contributed by atoms with Gasteiger partial charge in [-0.3, -0.25) is 9.59 Å². The Morgan fingerprint density at radius 1 is 1.11 bits per heavy atom. The minimum Gasteiger partial charge on any atom is -0.356 e. The fraction of sp³-hybridized carbons (Fsp3) is 0.857. The van der Waals surface area contributed by atoms with E-state index in [1.165, 1.54) is 6.92 Å². The maximum Gasteiger partial charge on any atom is 0.217 e. The molecule has 0 radical (unpaired) electrons. The van der Waals surface area contributed by atoms with Crippen molar-refractivity contribution in [3.63, 3.8) is 0 Å². The topological polar surface area (TPSA) is 58.2 Å². The molecule has 0 aromatic carbocycles. The van der Waals surface area contributed by atoms with Crippen LogP contribution in [0.15, 0.2) is 0 Å². The summed E-state index contributed by atoms with van der Waals surface area (Å²) in [5, 5.41) is 5.82. The van der Waals surface area contributed by atoms with Crippen LogP contribution in [0.3, 0.4) is 0 Å². The van der Waals surface area contributed by atoms with Gasteiger partial charge in [-0.25, -0.2) is 0 Å². The molecule has 2 atom stereocenters. The van der Waals surface area contributed by atoms with Gasteiger partial charge in [0.05, 0.1) is 0 Å². The summed E-state index contributed by atoms with van der Waals surface area (Å²) in [6.07, 6.45) is 1.83. The molecule has 0 spiro atoms. The first-order valence-corrected chi connectivity index (χ1v) is 6.61. The quantitative estimate of drug-likeness (QED) is 0.764. The standard InChI is InChI=1S/C14H28N2O2/c1-10(9-15-11(2)17)7-13(16-12(3)18)8-14(4,5)6/h10,13H,7-9H2,1-6H3,(H,15,17)(H,16,18). The molecule has 0 aliphatic rings. The van der Waals surface area contributed by atoms with Gasteiger partial charge in [-0.15, -0.1) is 0 Å². The lowest BCUT2D eigenvalue weighted by Crippen LogP contribution is -2.39. The number of rotatable bonds is 6. The van der Waals surface area contributed by atoms with Crippen molar-refractivity contribution in [1.29, 1.82) is 0 Å². The lowest BCUT2D eigenvalue weighted by molar-refractivity contribution is -0.120. The van der Waals surface area contributed by atoms with E-state index in [1.807, 2.05) is 0 Å². The van der Waals surface area contributed by atoms with Gasteiger partial charge < -0.3 is 10.6 Å². The van der Waals surface area contributed by atoms with Crippen LogP contribution in [0.2, 0.25) is 0 Å². The highest BCUT2D eigenvalue weighted by molar-refractivity contribution is 5.73. The highest BCUT2D eigenvalue weighted by Crippen LogP contribution is 2.23. The Bertz CT molecular complexity index is 282.